The van der Waals surface area contributed by atoms with Crippen molar-refractivity contribution in [2.45, 2.75) is 32.7 Å². The number of fused-ring (bicyclic) bond motifs is 1. The van der Waals surface area contributed by atoms with Gasteiger partial charge in [-0.25, -0.2) is 9.50 Å². The number of aromatic nitrogens is 5. The normalized spacial score (nSPS) is 13.7. The maximum Gasteiger partial charge on any atom is 0.0999 e. The molecule has 3 aromatic heterocycles. The summed E-state index contributed by atoms with van der Waals surface area (Å²) in [6.45, 7) is 4.91. The van der Waals surface area contributed by atoms with Crippen LogP contribution in [0, 0.1) is 0 Å². The third-order valence-corrected chi connectivity index (χ3v) is 4.46. The molecule has 0 aromatic carbocycles. The lowest BCUT2D eigenvalue weighted by Crippen LogP contribution is -2.03. The van der Waals surface area contributed by atoms with E-state index in [9.17, 15) is 0 Å². The van der Waals surface area contributed by atoms with Gasteiger partial charge in [0, 0.05) is 48.9 Å². The second-order valence-corrected chi connectivity index (χ2v) is 6.34. The molecule has 0 saturated carbocycles. The first-order valence-electron chi connectivity index (χ1n) is 9.09. The van der Waals surface area contributed by atoms with Crippen LogP contribution in [-0.4, -0.2) is 48.9 Å². The van der Waals surface area contributed by atoms with Crippen LogP contribution in [0.1, 0.15) is 38.4 Å². The topological polar surface area (TPSA) is 107 Å². The predicted molar refractivity (Wildman–Crippen MR) is 106 cm³/mol. The fourth-order valence-corrected chi connectivity index (χ4v) is 2.69. The molecule has 3 aromatic rings. The molecule has 1 unspecified atom stereocenters. The Morgan fingerprint density at radius 3 is 2.96 bits per heavy atom. The summed E-state index contributed by atoms with van der Waals surface area (Å²) in [7, 11) is 0. The molecule has 3 N–H and O–H groups in total. The van der Waals surface area contributed by atoms with Gasteiger partial charge in [-0.05, 0) is 25.8 Å². The van der Waals surface area contributed by atoms with Crippen molar-refractivity contribution in [2.75, 3.05) is 13.2 Å². The monoisotopic (exact) mass is 367 g/mol. The van der Waals surface area contributed by atoms with Crippen molar-refractivity contribution in [3.63, 3.8) is 0 Å². The number of hydrogen-bond acceptors (Lipinski definition) is 6. The third-order valence-electron chi connectivity index (χ3n) is 4.46. The summed E-state index contributed by atoms with van der Waals surface area (Å²) in [6.07, 6.45) is 12.2. The average molecular weight is 367 g/mol. The molecule has 0 aliphatic carbocycles. The van der Waals surface area contributed by atoms with E-state index in [-0.39, 0.29) is 6.61 Å². The van der Waals surface area contributed by atoms with E-state index in [1.54, 1.807) is 16.9 Å². The maximum atomic E-state index is 8.88. The summed E-state index contributed by atoms with van der Waals surface area (Å²) >= 11 is 0. The fraction of sp³-hybridized carbons (Fsp3) is 0.368. The quantitative estimate of drug-likeness (QED) is 0.469. The zero-order chi connectivity index (χ0) is 19.2. The summed E-state index contributed by atoms with van der Waals surface area (Å²) in [4.78, 5) is 9.11. The molecular formula is C19H25N7O. The Morgan fingerprint density at radius 2 is 2.22 bits per heavy atom. The minimum Gasteiger partial charge on any atom is -0.404 e. The summed E-state index contributed by atoms with van der Waals surface area (Å²) in [6, 6.07) is 2.24. The van der Waals surface area contributed by atoms with E-state index in [0.29, 0.717) is 30.3 Å². The van der Waals surface area contributed by atoms with E-state index in [1.165, 1.54) is 6.20 Å². The second-order valence-electron chi connectivity index (χ2n) is 6.34. The van der Waals surface area contributed by atoms with Gasteiger partial charge in [0.15, 0.2) is 0 Å². The lowest BCUT2D eigenvalue weighted by atomic mass is 10.1. The molecule has 3 rings (SSSR count). The van der Waals surface area contributed by atoms with Gasteiger partial charge in [0.25, 0.3) is 0 Å². The van der Waals surface area contributed by atoms with Crippen molar-refractivity contribution in [2.24, 2.45) is 10.7 Å². The van der Waals surface area contributed by atoms with Gasteiger partial charge >= 0.3 is 0 Å². The number of aliphatic hydroxyl groups excluding tert-OH is 1. The van der Waals surface area contributed by atoms with Crippen molar-refractivity contribution < 1.29 is 5.11 Å². The van der Waals surface area contributed by atoms with Crippen LogP contribution in [0.5, 0.6) is 0 Å². The molecule has 0 aliphatic heterocycles. The molecule has 0 saturated heterocycles. The van der Waals surface area contributed by atoms with Crippen LogP contribution in [0.3, 0.4) is 0 Å². The highest BCUT2D eigenvalue weighted by Gasteiger charge is 2.14. The molecule has 142 valence electrons. The number of allylic oxidation sites excluding steroid dienone is 1. The highest BCUT2D eigenvalue weighted by atomic mass is 16.3. The molecule has 0 amide bonds. The summed E-state index contributed by atoms with van der Waals surface area (Å²) in [5, 5.41) is 17.7. The summed E-state index contributed by atoms with van der Waals surface area (Å²) < 4.78 is 3.73. The van der Waals surface area contributed by atoms with Crippen LogP contribution in [-0.2, 0) is 0 Å². The number of rotatable bonds is 8. The Kier molecular flexibility index (Phi) is 5.97. The second kappa shape index (κ2) is 8.59. The van der Waals surface area contributed by atoms with Gasteiger partial charge in [-0.3, -0.25) is 9.67 Å². The molecule has 3 heterocycles. The average Bonchev–Trinajstić information content (AvgIpc) is 3.36. The first-order chi connectivity index (χ1) is 13.2. The van der Waals surface area contributed by atoms with E-state index in [4.69, 9.17) is 15.8 Å². The Morgan fingerprint density at radius 1 is 1.37 bits per heavy atom. The summed E-state index contributed by atoms with van der Waals surface area (Å²) in [5.41, 5.74) is 9.79. The van der Waals surface area contributed by atoms with E-state index in [0.717, 1.165) is 23.2 Å². The first kappa shape index (κ1) is 18.8. The molecule has 27 heavy (non-hydrogen) atoms. The molecule has 8 nitrogen and oxygen atoms in total. The largest absolute Gasteiger partial charge is 0.404 e. The molecule has 0 bridgehead atoms. The molecule has 8 heteroatoms. The zero-order valence-corrected chi connectivity index (χ0v) is 15.7. The molecular weight excluding hydrogens is 342 g/mol. The predicted octanol–water partition coefficient (Wildman–Crippen LogP) is 2.32. The smallest absolute Gasteiger partial charge is 0.0999 e. The van der Waals surface area contributed by atoms with E-state index < -0.39 is 0 Å². The molecule has 0 radical (unpaired) electrons. The minimum atomic E-state index is 0.112. The van der Waals surface area contributed by atoms with Crippen molar-refractivity contribution in [1.82, 2.24) is 24.4 Å². The molecule has 0 aliphatic rings. The van der Waals surface area contributed by atoms with Gasteiger partial charge in [-0.15, -0.1) is 0 Å². The van der Waals surface area contributed by atoms with Crippen LogP contribution in [0.4, 0.5) is 0 Å². The Bertz CT molecular complexity index is 954. The standard InChI is InChI=1S/C19H25N7O/c1-3-14(2)25-12-16(11-23-25)19-18-5-7-22-26(18)13-17(24-19)15(9-20)10-21-6-4-8-27/h5,7,9-14,27H,3-4,6,8,20H2,1-2H3. The Balaban J connectivity index is 2.02. The van der Waals surface area contributed by atoms with Gasteiger partial charge in [0.1, 0.15) is 0 Å². The van der Waals surface area contributed by atoms with Crippen molar-refractivity contribution >= 4 is 17.3 Å². The van der Waals surface area contributed by atoms with Crippen LogP contribution in [0.25, 0.3) is 22.3 Å². The van der Waals surface area contributed by atoms with Gasteiger partial charge in [0.05, 0.1) is 35.5 Å². The highest BCUT2D eigenvalue weighted by Crippen LogP contribution is 2.25. The third kappa shape index (κ3) is 4.06. The van der Waals surface area contributed by atoms with Gasteiger partial charge < -0.3 is 10.8 Å². The van der Waals surface area contributed by atoms with Crippen LogP contribution in [0.15, 0.2) is 42.0 Å². The molecule has 0 spiro atoms. The number of nitrogens with two attached hydrogens (primary N) is 1. The van der Waals surface area contributed by atoms with Gasteiger partial charge in [-0.2, -0.15) is 10.2 Å². The lowest BCUT2D eigenvalue weighted by Gasteiger charge is -2.08. The number of aliphatic hydroxyl groups is 1. The number of aliphatic imine (C=N–C) groups is 1. The minimum absolute atomic E-state index is 0.112. The summed E-state index contributed by atoms with van der Waals surface area (Å²) in [5.74, 6) is 0. The molecule has 0 fully saturated rings. The fourth-order valence-electron chi connectivity index (χ4n) is 2.69. The van der Waals surface area contributed by atoms with E-state index >= 15 is 0 Å². The first-order valence-corrected chi connectivity index (χ1v) is 9.09. The van der Waals surface area contributed by atoms with Crippen LogP contribution in [0.2, 0.25) is 0 Å². The van der Waals surface area contributed by atoms with Gasteiger partial charge in [-0.1, -0.05) is 6.92 Å². The van der Waals surface area contributed by atoms with Crippen molar-refractivity contribution in [3.8, 4) is 11.3 Å². The van der Waals surface area contributed by atoms with E-state index in [1.807, 2.05) is 29.3 Å². The number of hydrogen-bond donors (Lipinski definition) is 2. The van der Waals surface area contributed by atoms with E-state index in [2.05, 4.69) is 29.0 Å². The van der Waals surface area contributed by atoms with Crippen molar-refractivity contribution in [3.05, 3.63) is 42.7 Å². The maximum absolute atomic E-state index is 8.88. The van der Waals surface area contributed by atoms with Crippen molar-refractivity contribution in [1.29, 1.82) is 0 Å². The Labute approximate surface area is 158 Å². The van der Waals surface area contributed by atoms with Crippen LogP contribution < -0.4 is 5.73 Å². The lowest BCUT2D eigenvalue weighted by molar-refractivity contribution is 0.291. The molecule has 1 atom stereocenters. The van der Waals surface area contributed by atoms with Gasteiger partial charge in [0.2, 0.25) is 0 Å². The Hall–Kier alpha value is -3.00. The highest BCUT2D eigenvalue weighted by molar-refractivity contribution is 6.09. The number of nitrogens with zero attached hydrogens (tertiary/aromatic N) is 6. The van der Waals surface area contributed by atoms with Crippen LogP contribution >= 0.6 is 0 Å². The SMILES string of the molecule is CCC(C)n1cc(-c2nc(C(C=NCCCO)=CN)cn3nccc23)cn1. The zero-order valence-electron chi connectivity index (χ0n) is 15.7.